The molecule has 0 saturated heterocycles. The molecule has 31 heavy (non-hydrogen) atoms. The van der Waals surface area contributed by atoms with Gasteiger partial charge in [-0.15, -0.1) is 11.8 Å². The molecule has 0 bridgehead atoms. The standard InChI is InChI=1S/C27H38O2S2/c1-27(2,3)31(28,29)21-23-14-12-22(13-15-23)9-7-8-20-30-26-18-16-25(17-19-26)24-10-5-4-6-11-24/h4-6,10-11,16-19,22-23H,7-9,12-15,20-21H2,1-3H3. The van der Waals surface area contributed by atoms with E-state index in [9.17, 15) is 8.42 Å². The number of rotatable bonds is 9. The zero-order chi connectivity index (χ0) is 22.3. The maximum Gasteiger partial charge on any atom is 0.155 e. The predicted molar refractivity (Wildman–Crippen MR) is 135 cm³/mol. The molecule has 0 amide bonds. The van der Waals surface area contributed by atoms with E-state index >= 15 is 0 Å². The lowest BCUT2D eigenvalue weighted by atomic mass is 9.80. The molecular formula is C27H38O2S2. The van der Waals surface area contributed by atoms with Crippen LogP contribution in [0.1, 0.15) is 65.7 Å². The summed E-state index contributed by atoms with van der Waals surface area (Å²) in [5, 5.41) is 0. The van der Waals surface area contributed by atoms with Gasteiger partial charge in [0.25, 0.3) is 0 Å². The molecule has 0 heterocycles. The molecule has 1 aliphatic carbocycles. The first kappa shape index (κ1) is 24.4. The monoisotopic (exact) mass is 458 g/mol. The fourth-order valence-corrected chi connectivity index (χ4v) is 6.71. The molecular weight excluding hydrogens is 420 g/mol. The van der Waals surface area contributed by atoms with E-state index in [1.807, 2.05) is 32.5 Å². The summed E-state index contributed by atoms with van der Waals surface area (Å²) >= 11 is 1.95. The van der Waals surface area contributed by atoms with E-state index in [4.69, 9.17) is 0 Å². The third-order valence-electron chi connectivity index (χ3n) is 6.59. The number of unbranched alkanes of at least 4 members (excludes halogenated alkanes) is 1. The van der Waals surface area contributed by atoms with Crippen LogP contribution in [0.15, 0.2) is 59.5 Å². The maximum atomic E-state index is 12.5. The number of hydrogen-bond donors (Lipinski definition) is 0. The Hall–Kier alpha value is -1.26. The summed E-state index contributed by atoms with van der Waals surface area (Å²) in [5.74, 6) is 2.71. The minimum atomic E-state index is -2.99. The van der Waals surface area contributed by atoms with Crippen molar-refractivity contribution >= 4 is 21.6 Å². The van der Waals surface area contributed by atoms with Gasteiger partial charge in [0.1, 0.15) is 0 Å². The number of sulfone groups is 1. The third kappa shape index (κ3) is 7.39. The molecule has 0 aliphatic heterocycles. The van der Waals surface area contributed by atoms with Gasteiger partial charge in [-0.3, -0.25) is 0 Å². The number of hydrogen-bond acceptors (Lipinski definition) is 3. The minimum absolute atomic E-state index is 0.370. The Bertz CT molecular complexity index is 889. The zero-order valence-corrected chi connectivity index (χ0v) is 21.0. The van der Waals surface area contributed by atoms with Crippen LogP contribution in [0.2, 0.25) is 0 Å². The summed E-state index contributed by atoms with van der Waals surface area (Å²) in [4.78, 5) is 1.35. The molecule has 3 rings (SSSR count). The second-order valence-electron chi connectivity index (χ2n) is 10.0. The fraction of sp³-hybridized carbons (Fsp3) is 0.556. The van der Waals surface area contributed by atoms with E-state index in [0.29, 0.717) is 11.7 Å². The Labute approximate surface area is 194 Å². The smallest absolute Gasteiger partial charge is 0.155 e. The van der Waals surface area contributed by atoms with E-state index in [0.717, 1.165) is 18.8 Å². The van der Waals surface area contributed by atoms with Crippen LogP contribution in [-0.2, 0) is 9.84 Å². The third-order valence-corrected chi connectivity index (χ3v) is 10.5. The van der Waals surface area contributed by atoms with Crippen molar-refractivity contribution in [3.63, 3.8) is 0 Å². The average molecular weight is 459 g/mol. The lowest BCUT2D eigenvalue weighted by Crippen LogP contribution is -2.34. The summed E-state index contributed by atoms with van der Waals surface area (Å²) in [7, 11) is -2.99. The molecule has 4 heteroatoms. The summed E-state index contributed by atoms with van der Waals surface area (Å²) in [6, 6.07) is 19.4. The number of thioether (sulfide) groups is 1. The maximum absolute atomic E-state index is 12.5. The van der Waals surface area contributed by atoms with Gasteiger partial charge in [-0.1, -0.05) is 68.1 Å². The average Bonchev–Trinajstić information content (AvgIpc) is 2.75. The van der Waals surface area contributed by atoms with Gasteiger partial charge in [0.05, 0.1) is 10.5 Å². The molecule has 2 nitrogen and oxygen atoms in total. The van der Waals surface area contributed by atoms with E-state index in [-0.39, 0.29) is 0 Å². The SMILES string of the molecule is CC(C)(C)S(=O)(=O)CC1CCC(CCCCSc2ccc(-c3ccccc3)cc2)CC1. The van der Waals surface area contributed by atoms with Crippen LogP contribution < -0.4 is 0 Å². The number of benzene rings is 2. The molecule has 2 aromatic carbocycles. The Kier molecular flexibility index (Phi) is 8.69. The van der Waals surface area contributed by atoms with Crippen LogP contribution in [0.3, 0.4) is 0 Å². The van der Waals surface area contributed by atoms with Gasteiger partial charge in [-0.05, 0) is 80.9 Å². The van der Waals surface area contributed by atoms with Gasteiger partial charge >= 0.3 is 0 Å². The summed E-state index contributed by atoms with van der Waals surface area (Å²) in [5.41, 5.74) is 2.54. The Morgan fingerprint density at radius 2 is 1.39 bits per heavy atom. The van der Waals surface area contributed by atoms with Crippen LogP contribution >= 0.6 is 11.8 Å². The van der Waals surface area contributed by atoms with Gasteiger partial charge in [0, 0.05) is 4.90 Å². The normalized spacial score (nSPS) is 20.0. The van der Waals surface area contributed by atoms with E-state index in [1.165, 1.54) is 53.9 Å². The fourth-order valence-electron chi connectivity index (χ4n) is 4.35. The summed E-state index contributed by atoms with van der Waals surface area (Å²) in [6.07, 6.45) is 8.42. The van der Waals surface area contributed by atoms with Crippen LogP contribution in [-0.4, -0.2) is 24.7 Å². The molecule has 1 fully saturated rings. The van der Waals surface area contributed by atoms with Crippen LogP contribution in [0, 0.1) is 11.8 Å². The molecule has 0 spiro atoms. The molecule has 170 valence electrons. The van der Waals surface area contributed by atoms with Crippen LogP contribution in [0.25, 0.3) is 11.1 Å². The molecule has 0 atom stereocenters. The van der Waals surface area contributed by atoms with Gasteiger partial charge in [0.2, 0.25) is 0 Å². The zero-order valence-electron chi connectivity index (χ0n) is 19.3. The molecule has 0 aromatic heterocycles. The Morgan fingerprint density at radius 3 is 2.00 bits per heavy atom. The lowest BCUT2D eigenvalue weighted by Gasteiger charge is -2.30. The summed E-state index contributed by atoms with van der Waals surface area (Å²) < 4.78 is 24.3. The van der Waals surface area contributed by atoms with Crippen molar-refractivity contribution in [3.8, 4) is 11.1 Å². The molecule has 1 aliphatic rings. The van der Waals surface area contributed by atoms with E-state index in [2.05, 4.69) is 54.6 Å². The topological polar surface area (TPSA) is 34.1 Å². The second kappa shape index (κ2) is 11.0. The molecule has 0 unspecified atom stereocenters. The highest BCUT2D eigenvalue weighted by Gasteiger charge is 2.33. The van der Waals surface area contributed by atoms with Crippen LogP contribution in [0.4, 0.5) is 0 Å². The quantitative estimate of drug-likeness (QED) is 0.286. The Balaban J connectivity index is 1.31. The van der Waals surface area contributed by atoms with Crippen molar-refractivity contribution in [2.45, 2.75) is 75.4 Å². The van der Waals surface area contributed by atoms with Crippen molar-refractivity contribution in [3.05, 3.63) is 54.6 Å². The first-order valence-electron chi connectivity index (χ1n) is 11.8. The van der Waals surface area contributed by atoms with Crippen LogP contribution in [0.5, 0.6) is 0 Å². The van der Waals surface area contributed by atoms with Crippen molar-refractivity contribution in [1.29, 1.82) is 0 Å². The highest BCUT2D eigenvalue weighted by molar-refractivity contribution is 7.99. The van der Waals surface area contributed by atoms with E-state index in [1.54, 1.807) is 0 Å². The highest BCUT2D eigenvalue weighted by Crippen LogP contribution is 2.34. The van der Waals surface area contributed by atoms with Gasteiger partial charge in [-0.2, -0.15) is 0 Å². The van der Waals surface area contributed by atoms with Crippen molar-refractivity contribution < 1.29 is 8.42 Å². The molecule has 0 radical (unpaired) electrons. The second-order valence-corrected chi connectivity index (χ2v) is 14.0. The minimum Gasteiger partial charge on any atom is -0.228 e. The largest absolute Gasteiger partial charge is 0.228 e. The highest BCUT2D eigenvalue weighted by atomic mass is 32.2. The predicted octanol–water partition coefficient (Wildman–Crippen LogP) is 7.64. The first-order chi connectivity index (χ1) is 14.7. The first-order valence-corrected chi connectivity index (χ1v) is 14.4. The Morgan fingerprint density at radius 1 is 0.806 bits per heavy atom. The van der Waals surface area contributed by atoms with Crippen molar-refractivity contribution in [2.75, 3.05) is 11.5 Å². The van der Waals surface area contributed by atoms with Gasteiger partial charge in [-0.25, -0.2) is 8.42 Å². The summed E-state index contributed by atoms with van der Waals surface area (Å²) in [6.45, 7) is 5.47. The lowest BCUT2D eigenvalue weighted by molar-refractivity contribution is 0.273. The van der Waals surface area contributed by atoms with Crippen molar-refractivity contribution in [2.24, 2.45) is 11.8 Å². The van der Waals surface area contributed by atoms with E-state index < -0.39 is 14.6 Å². The molecule has 1 saturated carbocycles. The van der Waals surface area contributed by atoms with Crippen molar-refractivity contribution in [1.82, 2.24) is 0 Å². The van der Waals surface area contributed by atoms with Gasteiger partial charge < -0.3 is 0 Å². The molecule has 0 N–H and O–H groups in total. The van der Waals surface area contributed by atoms with Gasteiger partial charge in [0.15, 0.2) is 9.84 Å². The molecule has 2 aromatic rings.